The predicted octanol–water partition coefficient (Wildman–Crippen LogP) is 0.927. The summed E-state index contributed by atoms with van der Waals surface area (Å²) in [5, 5.41) is 15.1. The second kappa shape index (κ2) is 2.62. The van der Waals surface area contributed by atoms with Crippen LogP contribution in [-0.2, 0) is 0 Å². The molecule has 0 spiro atoms. The number of nitrogen functional groups attached to an aromatic ring is 1. The van der Waals surface area contributed by atoms with Gasteiger partial charge in [0.2, 0.25) is 0 Å². The zero-order chi connectivity index (χ0) is 8.43. The fourth-order valence-electron chi connectivity index (χ4n) is 1.07. The molecule has 1 aromatic heterocycles. The number of aromatic amines is 1. The minimum Gasteiger partial charge on any atom is -0.384 e. The third kappa shape index (κ3) is 1.17. The Balaban J connectivity index is 3.12. The molecule has 0 amide bonds. The molecular weight excluding hydrogens is 140 g/mol. The van der Waals surface area contributed by atoms with Crippen LogP contribution in [0.4, 0.5) is 5.82 Å². The number of aryl methyl sites for hydroxylation is 1. The van der Waals surface area contributed by atoms with E-state index < -0.39 is 0 Å². The first-order chi connectivity index (χ1) is 5.16. The number of nitrogens with zero attached hydrogens (tertiary/aromatic N) is 2. The van der Waals surface area contributed by atoms with Crippen LogP contribution in [0.2, 0.25) is 0 Å². The number of anilines is 1. The summed E-state index contributed by atoms with van der Waals surface area (Å²) in [7, 11) is 0. The third-order valence-electron chi connectivity index (χ3n) is 1.65. The minimum atomic E-state index is -0.186. The van der Waals surface area contributed by atoms with E-state index in [1.165, 1.54) is 0 Å². The molecule has 1 aromatic rings. The first kappa shape index (κ1) is 7.61. The van der Waals surface area contributed by atoms with E-state index in [9.17, 15) is 0 Å². The first-order valence-electron chi connectivity index (χ1n) is 3.36. The Labute approximate surface area is 65.0 Å². The van der Waals surface area contributed by atoms with Crippen LogP contribution in [0.15, 0.2) is 0 Å². The SMILES string of the molecule is Cc1n[nH]c(N)c1C(C)C#N. The number of rotatable bonds is 1. The van der Waals surface area contributed by atoms with Crippen molar-refractivity contribution < 1.29 is 0 Å². The van der Waals surface area contributed by atoms with E-state index in [-0.39, 0.29) is 5.92 Å². The lowest BCUT2D eigenvalue weighted by molar-refractivity contribution is 0.965. The maximum atomic E-state index is 8.61. The normalized spacial score (nSPS) is 12.5. The number of hydrogen-bond acceptors (Lipinski definition) is 3. The van der Waals surface area contributed by atoms with Crippen molar-refractivity contribution in [3.05, 3.63) is 11.3 Å². The summed E-state index contributed by atoms with van der Waals surface area (Å²) in [6, 6.07) is 2.11. The highest BCUT2D eigenvalue weighted by Gasteiger charge is 2.13. The summed E-state index contributed by atoms with van der Waals surface area (Å²) in [4.78, 5) is 0. The van der Waals surface area contributed by atoms with Crippen LogP contribution in [-0.4, -0.2) is 10.2 Å². The van der Waals surface area contributed by atoms with Gasteiger partial charge in [0.1, 0.15) is 5.82 Å². The molecule has 1 unspecified atom stereocenters. The molecule has 0 fully saturated rings. The van der Waals surface area contributed by atoms with Crippen LogP contribution >= 0.6 is 0 Å². The van der Waals surface area contributed by atoms with Crippen LogP contribution in [0, 0.1) is 18.3 Å². The summed E-state index contributed by atoms with van der Waals surface area (Å²) >= 11 is 0. The average Bonchev–Trinajstić information content (AvgIpc) is 2.30. The van der Waals surface area contributed by atoms with E-state index >= 15 is 0 Å². The second-order valence-electron chi connectivity index (χ2n) is 2.49. The monoisotopic (exact) mass is 150 g/mol. The molecule has 58 valence electrons. The molecule has 11 heavy (non-hydrogen) atoms. The van der Waals surface area contributed by atoms with Gasteiger partial charge >= 0.3 is 0 Å². The summed E-state index contributed by atoms with van der Waals surface area (Å²) < 4.78 is 0. The van der Waals surface area contributed by atoms with E-state index in [2.05, 4.69) is 16.3 Å². The van der Waals surface area contributed by atoms with Gasteiger partial charge in [0, 0.05) is 5.56 Å². The zero-order valence-corrected chi connectivity index (χ0v) is 6.55. The van der Waals surface area contributed by atoms with E-state index in [1.807, 2.05) is 6.92 Å². The molecule has 1 heterocycles. The van der Waals surface area contributed by atoms with E-state index in [1.54, 1.807) is 6.92 Å². The Kier molecular flexibility index (Phi) is 1.81. The Morgan fingerprint density at radius 2 is 2.36 bits per heavy atom. The largest absolute Gasteiger partial charge is 0.384 e. The molecule has 0 bridgehead atoms. The number of nitrogens with one attached hydrogen (secondary N) is 1. The Hall–Kier alpha value is -1.50. The van der Waals surface area contributed by atoms with Crippen molar-refractivity contribution in [1.82, 2.24) is 10.2 Å². The molecule has 4 heteroatoms. The Morgan fingerprint density at radius 1 is 1.73 bits per heavy atom. The van der Waals surface area contributed by atoms with Gasteiger partial charge in [-0.2, -0.15) is 10.4 Å². The molecule has 0 aliphatic carbocycles. The van der Waals surface area contributed by atoms with Gasteiger partial charge in [0.25, 0.3) is 0 Å². The van der Waals surface area contributed by atoms with Gasteiger partial charge in [-0.1, -0.05) is 0 Å². The van der Waals surface area contributed by atoms with Gasteiger partial charge in [-0.25, -0.2) is 0 Å². The second-order valence-corrected chi connectivity index (χ2v) is 2.49. The smallest absolute Gasteiger partial charge is 0.123 e. The number of hydrogen-bond donors (Lipinski definition) is 2. The van der Waals surface area contributed by atoms with Gasteiger partial charge in [0.15, 0.2) is 0 Å². The van der Waals surface area contributed by atoms with Crippen LogP contribution in [0.1, 0.15) is 24.1 Å². The lowest BCUT2D eigenvalue weighted by atomic mass is 10.0. The molecule has 3 N–H and O–H groups in total. The topological polar surface area (TPSA) is 78.5 Å². The molecule has 4 nitrogen and oxygen atoms in total. The minimum absolute atomic E-state index is 0.186. The van der Waals surface area contributed by atoms with E-state index in [0.29, 0.717) is 5.82 Å². The van der Waals surface area contributed by atoms with Crippen molar-refractivity contribution >= 4 is 5.82 Å². The summed E-state index contributed by atoms with van der Waals surface area (Å²) in [6.45, 7) is 3.63. The highest BCUT2D eigenvalue weighted by atomic mass is 15.2. The third-order valence-corrected chi connectivity index (χ3v) is 1.65. The zero-order valence-electron chi connectivity index (χ0n) is 6.55. The van der Waals surface area contributed by atoms with E-state index in [4.69, 9.17) is 11.0 Å². The summed E-state index contributed by atoms with van der Waals surface area (Å²) in [5.74, 6) is 0.310. The van der Waals surface area contributed by atoms with Crippen molar-refractivity contribution in [2.45, 2.75) is 19.8 Å². The van der Waals surface area contributed by atoms with Gasteiger partial charge in [-0.3, -0.25) is 5.10 Å². The molecule has 1 atom stereocenters. The van der Waals surface area contributed by atoms with Crippen molar-refractivity contribution in [1.29, 1.82) is 5.26 Å². The maximum absolute atomic E-state index is 8.61. The first-order valence-corrected chi connectivity index (χ1v) is 3.36. The number of H-pyrrole nitrogens is 1. The van der Waals surface area contributed by atoms with Crippen LogP contribution < -0.4 is 5.73 Å². The van der Waals surface area contributed by atoms with Crippen LogP contribution in [0.3, 0.4) is 0 Å². The Bertz CT molecular complexity index is 274. The highest BCUT2D eigenvalue weighted by molar-refractivity contribution is 5.46. The van der Waals surface area contributed by atoms with E-state index in [0.717, 1.165) is 11.3 Å². The molecular formula is C7H10N4. The van der Waals surface area contributed by atoms with Gasteiger partial charge in [-0.15, -0.1) is 0 Å². The summed E-state index contributed by atoms with van der Waals surface area (Å²) in [6.07, 6.45) is 0. The van der Waals surface area contributed by atoms with Gasteiger partial charge < -0.3 is 5.73 Å². The quantitative estimate of drug-likeness (QED) is 0.625. The van der Waals surface area contributed by atoms with Gasteiger partial charge in [-0.05, 0) is 13.8 Å². The fraction of sp³-hybridized carbons (Fsp3) is 0.429. The maximum Gasteiger partial charge on any atom is 0.123 e. The van der Waals surface area contributed by atoms with Crippen molar-refractivity contribution in [2.75, 3.05) is 5.73 Å². The van der Waals surface area contributed by atoms with Crippen LogP contribution in [0.25, 0.3) is 0 Å². The summed E-state index contributed by atoms with van der Waals surface area (Å²) in [5.41, 5.74) is 7.16. The molecule has 0 saturated heterocycles. The molecule has 0 radical (unpaired) electrons. The number of nitrogens with two attached hydrogens (primary N) is 1. The fourth-order valence-corrected chi connectivity index (χ4v) is 1.07. The van der Waals surface area contributed by atoms with Gasteiger partial charge in [0.05, 0.1) is 17.7 Å². The molecule has 1 rings (SSSR count). The van der Waals surface area contributed by atoms with Crippen molar-refractivity contribution in [2.24, 2.45) is 0 Å². The number of nitriles is 1. The van der Waals surface area contributed by atoms with Crippen molar-refractivity contribution in [3.63, 3.8) is 0 Å². The number of aromatic nitrogens is 2. The standard InChI is InChI=1S/C7H10N4/c1-4(3-8)6-5(2)10-11-7(6)9/h4H,1-2H3,(H3,9,10,11). The molecule has 0 aromatic carbocycles. The lowest BCUT2D eigenvalue weighted by Gasteiger charge is -1.99. The average molecular weight is 150 g/mol. The highest BCUT2D eigenvalue weighted by Crippen LogP contribution is 2.22. The Morgan fingerprint density at radius 3 is 2.73 bits per heavy atom. The van der Waals surface area contributed by atoms with Crippen molar-refractivity contribution in [3.8, 4) is 6.07 Å². The molecule has 0 aliphatic rings. The van der Waals surface area contributed by atoms with Crippen LogP contribution in [0.5, 0.6) is 0 Å². The molecule has 0 saturated carbocycles. The predicted molar refractivity (Wildman–Crippen MR) is 41.8 cm³/mol. The molecule has 0 aliphatic heterocycles. The lowest BCUT2D eigenvalue weighted by Crippen LogP contribution is -1.96.